The maximum Gasteiger partial charge on any atom is 0.321 e. The number of hydrogen-bond acceptors (Lipinski definition) is 3. The van der Waals surface area contributed by atoms with E-state index in [1.165, 1.54) is 0 Å². The second-order valence-electron chi connectivity index (χ2n) is 4.25. The van der Waals surface area contributed by atoms with Gasteiger partial charge >= 0.3 is 6.03 Å². The molecule has 1 rings (SSSR count). The second-order valence-corrected chi connectivity index (χ2v) is 4.25. The lowest BCUT2D eigenvalue weighted by molar-refractivity contribution is -0.117. The molecule has 1 fully saturated rings. The molecular weight excluding hydrogens is 206 g/mol. The van der Waals surface area contributed by atoms with Crippen LogP contribution < -0.4 is 10.6 Å². The van der Waals surface area contributed by atoms with Gasteiger partial charge in [-0.05, 0) is 34.2 Å². The molecule has 0 bridgehead atoms. The molecule has 0 aliphatic carbocycles. The Balaban J connectivity index is 0.000000288. The molecule has 0 atom stereocenters. The van der Waals surface area contributed by atoms with Crippen LogP contribution in [0.3, 0.4) is 0 Å². The molecule has 0 spiro atoms. The van der Waals surface area contributed by atoms with E-state index < -0.39 is 6.03 Å². The Hall–Kier alpha value is -1.10. The molecule has 5 nitrogen and oxygen atoms in total. The van der Waals surface area contributed by atoms with Crippen molar-refractivity contribution >= 4 is 11.9 Å². The summed E-state index contributed by atoms with van der Waals surface area (Å²) in [7, 11) is 0. The molecular formula is C11H23N3O2. The predicted octanol–water partition coefficient (Wildman–Crippen LogP) is 0.951. The predicted molar refractivity (Wildman–Crippen MR) is 64.2 cm³/mol. The fourth-order valence-corrected chi connectivity index (χ4v) is 1.70. The van der Waals surface area contributed by atoms with Gasteiger partial charge in [0.05, 0.1) is 6.54 Å². The monoisotopic (exact) mass is 229 g/mol. The van der Waals surface area contributed by atoms with Crippen molar-refractivity contribution in [2.75, 3.05) is 13.1 Å². The first-order valence-electron chi connectivity index (χ1n) is 5.71. The maximum atomic E-state index is 10.1. The minimum absolute atomic E-state index is 0.124. The van der Waals surface area contributed by atoms with E-state index in [1.54, 1.807) is 0 Å². The minimum Gasteiger partial charge on any atom is -0.329 e. The van der Waals surface area contributed by atoms with Crippen molar-refractivity contribution in [3.63, 3.8) is 0 Å². The summed E-state index contributed by atoms with van der Waals surface area (Å²) in [4.78, 5) is 22.5. The van der Waals surface area contributed by atoms with Crippen LogP contribution in [0.4, 0.5) is 4.79 Å². The molecule has 1 heterocycles. The van der Waals surface area contributed by atoms with E-state index in [0.717, 1.165) is 6.54 Å². The SMILES string of the molecule is CCN(C(C)C)C(C)C.O=C1CNC(=O)N1. The molecule has 0 aromatic carbocycles. The van der Waals surface area contributed by atoms with E-state index in [2.05, 4.69) is 44.8 Å². The highest BCUT2D eigenvalue weighted by Gasteiger charge is 2.14. The molecule has 0 unspecified atom stereocenters. The number of hydrogen-bond donors (Lipinski definition) is 2. The molecule has 16 heavy (non-hydrogen) atoms. The summed E-state index contributed by atoms with van der Waals surface area (Å²) >= 11 is 0. The van der Waals surface area contributed by atoms with Crippen LogP contribution in [-0.4, -0.2) is 42.0 Å². The van der Waals surface area contributed by atoms with E-state index in [-0.39, 0.29) is 12.5 Å². The van der Waals surface area contributed by atoms with Gasteiger partial charge in [0.2, 0.25) is 5.91 Å². The Bertz CT molecular complexity index is 217. The number of nitrogens with zero attached hydrogens (tertiary/aromatic N) is 1. The van der Waals surface area contributed by atoms with Crippen molar-refractivity contribution in [2.24, 2.45) is 0 Å². The number of rotatable bonds is 3. The van der Waals surface area contributed by atoms with Crippen molar-refractivity contribution < 1.29 is 9.59 Å². The molecule has 2 N–H and O–H groups in total. The summed E-state index contributed by atoms with van der Waals surface area (Å²) in [5.41, 5.74) is 0. The third kappa shape index (κ3) is 5.70. The van der Waals surface area contributed by atoms with E-state index in [1.807, 2.05) is 5.32 Å². The summed E-state index contributed by atoms with van der Waals surface area (Å²) in [6.07, 6.45) is 0. The van der Waals surface area contributed by atoms with Crippen LogP contribution in [0, 0.1) is 0 Å². The van der Waals surface area contributed by atoms with Gasteiger partial charge < -0.3 is 5.32 Å². The molecule has 0 radical (unpaired) electrons. The molecule has 0 aromatic rings. The minimum atomic E-state index is -0.398. The molecule has 0 saturated carbocycles. The molecule has 1 aliphatic rings. The number of urea groups is 1. The number of carbonyl (C=O) groups is 2. The number of amides is 3. The van der Waals surface area contributed by atoms with Gasteiger partial charge in [0.15, 0.2) is 0 Å². The van der Waals surface area contributed by atoms with Crippen LogP contribution >= 0.6 is 0 Å². The molecule has 1 aliphatic heterocycles. The summed E-state index contributed by atoms with van der Waals surface area (Å²) in [5, 5.41) is 4.30. The van der Waals surface area contributed by atoms with Crippen molar-refractivity contribution in [3.05, 3.63) is 0 Å². The average Bonchev–Trinajstić information content (AvgIpc) is 2.50. The Morgan fingerprint density at radius 2 is 1.69 bits per heavy atom. The topological polar surface area (TPSA) is 61.4 Å². The van der Waals surface area contributed by atoms with Crippen molar-refractivity contribution in [3.8, 4) is 0 Å². The molecule has 0 aromatic heterocycles. The first kappa shape index (κ1) is 14.9. The van der Waals surface area contributed by atoms with Crippen LogP contribution in [0.2, 0.25) is 0 Å². The van der Waals surface area contributed by atoms with Gasteiger partial charge in [-0.25, -0.2) is 4.79 Å². The van der Waals surface area contributed by atoms with Crippen LogP contribution in [0.15, 0.2) is 0 Å². The van der Waals surface area contributed by atoms with E-state index in [9.17, 15) is 9.59 Å². The zero-order valence-electron chi connectivity index (χ0n) is 10.8. The number of imide groups is 1. The standard InChI is InChI=1S/C8H19N.C3H4N2O2/c1-6-9(7(2)3)8(4)5;6-2-1-4-3(7)5-2/h7-8H,6H2,1-5H3;1H2,(H2,4,5,6,7). The Kier molecular flexibility index (Phi) is 6.72. The van der Waals surface area contributed by atoms with Crippen LogP contribution in [0.25, 0.3) is 0 Å². The third-order valence-corrected chi connectivity index (χ3v) is 2.35. The second kappa shape index (κ2) is 7.22. The summed E-state index contributed by atoms with van der Waals surface area (Å²) < 4.78 is 0. The average molecular weight is 229 g/mol. The van der Waals surface area contributed by atoms with Crippen molar-refractivity contribution in [2.45, 2.75) is 46.7 Å². The van der Waals surface area contributed by atoms with Gasteiger partial charge in [0.25, 0.3) is 0 Å². The maximum absolute atomic E-state index is 10.1. The summed E-state index contributed by atoms with van der Waals surface area (Å²) in [6, 6.07) is 0.981. The molecule has 94 valence electrons. The first-order valence-corrected chi connectivity index (χ1v) is 5.71. The zero-order valence-corrected chi connectivity index (χ0v) is 10.8. The fraction of sp³-hybridized carbons (Fsp3) is 0.818. The summed E-state index contributed by atoms with van der Waals surface area (Å²) in [5.74, 6) is -0.259. The van der Waals surface area contributed by atoms with E-state index in [4.69, 9.17) is 0 Å². The van der Waals surface area contributed by atoms with Gasteiger partial charge in [-0.15, -0.1) is 0 Å². The highest BCUT2D eigenvalue weighted by atomic mass is 16.2. The number of carbonyl (C=O) groups excluding carboxylic acids is 2. The van der Waals surface area contributed by atoms with Gasteiger partial charge in [0, 0.05) is 12.1 Å². The molecule has 3 amide bonds. The highest BCUT2D eigenvalue weighted by molar-refractivity contribution is 6.01. The van der Waals surface area contributed by atoms with Gasteiger partial charge in [0.1, 0.15) is 0 Å². The lowest BCUT2D eigenvalue weighted by Crippen LogP contribution is -2.36. The Morgan fingerprint density at radius 1 is 1.19 bits per heavy atom. The smallest absolute Gasteiger partial charge is 0.321 e. The molecule has 5 heteroatoms. The number of nitrogens with one attached hydrogen (secondary N) is 2. The normalized spacial score (nSPS) is 15.0. The van der Waals surface area contributed by atoms with Crippen LogP contribution in [0.5, 0.6) is 0 Å². The van der Waals surface area contributed by atoms with Gasteiger partial charge in [-0.3, -0.25) is 15.0 Å². The Labute approximate surface area is 97.6 Å². The summed E-state index contributed by atoms with van der Waals surface area (Å²) in [6.45, 7) is 12.5. The molecule has 1 saturated heterocycles. The van der Waals surface area contributed by atoms with Crippen molar-refractivity contribution in [1.29, 1.82) is 0 Å². The van der Waals surface area contributed by atoms with Gasteiger partial charge in [-0.2, -0.15) is 0 Å². The van der Waals surface area contributed by atoms with Crippen LogP contribution in [0.1, 0.15) is 34.6 Å². The zero-order chi connectivity index (χ0) is 12.7. The third-order valence-electron chi connectivity index (χ3n) is 2.35. The fourth-order valence-electron chi connectivity index (χ4n) is 1.70. The highest BCUT2D eigenvalue weighted by Crippen LogP contribution is 2.02. The van der Waals surface area contributed by atoms with Gasteiger partial charge in [-0.1, -0.05) is 6.92 Å². The lowest BCUT2D eigenvalue weighted by atomic mass is 10.2. The Morgan fingerprint density at radius 3 is 1.75 bits per heavy atom. The van der Waals surface area contributed by atoms with Crippen LogP contribution in [-0.2, 0) is 4.79 Å². The van der Waals surface area contributed by atoms with E-state index in [0.29, 0.717) is 12.1 Å². The largest absolute Gasteiger partial charge is 0.329 e. The quantitative estimate of drug-likeness (QED) is 0.708. The van der Waals surface area contributed by atoms with Crippen molar-refractivity contribution in [1.82, 2.24) is 15.5 Å². The first-order chi connectivity index (χ1) is 7.38. The van der Waals surface area contributed by atoms with E-state index >= 15 is 0 Å². The lowest BCUT2D eigenvalue weighted by Gasteiger charge is -2.28.